The standard InChI is InChI=1S/C16H18O2/c1-12-6-3-4-9-15(12)16(2,18)11-13-7-5-8-14(17)10-13/h3-10,17-18H,11H2,1-2H3. The van der Waals surface area contributed by atoms with Crippen molar-refractivity contribution < 1.29 is 10.2 Å². The predicted octanol–water partition coefficient (Wildman–Crippen LogP) is 3.15. The summed E-state index contributed by atoms with van der Waals surface area (Å²) >= 11 is 0. The van der Waals surface area contributed by atoms with E-state index in [9.17, 15) is 10.2 Å². The lowest BCUT2D eigenvalue weighted by Gasteiger charge is -2.26. The quantitative estimate of drug-likeness (QED) is 0.868. The second-order valence-electron chi connectivity index (χ2n) is 4.94. The number of aryl methyl sites for hydroxylation is 1. The predicted molar refractivity (Wildman–Crippen MR) is 72.6 cm³/mol. The summed E-state index contributed by atoms with van der Waals surface area (Å²) in [5.74, 6) is 0.230. The highest BCUT2D eigenvalue weighted by Gasteiger charge is 2.25. The average molecular weight is 242 g/mol. The van der Waals surface area contributed by atoms with Gasteiger partial charge in [0.15, 0.2) is 0 Å². The molecule has 0 aliphatic heterocycles. The first-order chi connectivity index (χ1) is 8.49. The summed E-state index contributed by atoms with van der Waals surface area (Å²) in [6.07, 6.45) is 0.478. The molecule has 0 spiro atoms. The van der Waals surface area contributed by atoms with Crippen molar-refractivity contribution in [2.75, 3.05) is 0 Å². The Bertz CT molecular complexity index is 544. The second-order valence-corrected chi connectivity index (χ2v) is 4.94. The Balaban J connectivity index is 2.30. The third kappa shape index (κ3) is 2.71. The van der Waals surface area contributed by atoms with Crippen LogP contribution in [-0.4, -0.2) is 10.2 Å². The van der Waals surface area contributed by atoms with Gasteiger partial charge in [0.05, 0.1) is 5.60 Å². The Kier molecular flexibility index (Phi) is 3.39. The maximum absolute atomic E-state index is 10.6. The first kappa shape index (κ1) is 12.7. The van der Waals surface area contributed by atoms with Crippen LogP contribution in [0.25, 0.3) is 0 Å². The third-order valence-corrected chi connectivity index (χ3v) is 3.18. The van der Waals surface area contributed by atoms with E-state index in [0.29, 0.717) is 6.42 Å². The van der Waals surface area contributed by atoms with E-state index in [2.05, 4.69) is 0 Å². The van der Waals surface area contributed by atoms with Crippen molar-refractivity contribution in [2.24, 2.45) is 0 Å². The maximum Gasteiger partial charge on any atom is 0.115 e. The van der Waals surface area contributed by atoms with Crippen LogP contribution in [0.15, 0.2) is 48.5 Å². The molecule has 18 heavy (non-hydrogen) atoms. The number of hydrogen-bond acceptors (Lipinski definition) is 2. The number of aliphatic hydroxyl groups is 1. The van der Waals surface area contributed by atoms with Gasteiger partial charge in [-0.1, -0.05) is 36.4 Å². The molecule has 0 aliphatic carbocycles. The SMILES string of the molecule is Cc1ccccc1C(C)(O)Cc1cccc(O)c1. The molecule has 0 aromatic heterocycles. The van der Waals surface area contributed by atoms with E-state index in [1.165, 1.54) is 0 Å². The third-order valence-electron chi connectivity index (χ3n) is 3.18. The van der Waals surface area contributed by atoms with Gasteiger partial charge in [0, 0.05) is 6.42 Å². The Morgan fingerprint density at radius 1 is 1.06 bits per heavy atom. The smallest absolute Gasteiger partial charge is 0.115 e. The van der Waals surface area contributed by atoms with E-state index in [-0.39, 0.29) is 5.75 Å². The molecule has 2 N–H and O–H groups in total. The van der Waals surface area contributed by atoms with E-state index in [1.54, 1.807) is 25.1 Å². The van der Waals surface area contributed by atoms with Gasteiger partial charge >= 0.3 is 0 Å². The van der Waals surface area contributed by atoms with Crippen LogP contribution in [0, 0.1) is 6.92 Å². The molecule has 1 unspecified atom stereocenters. The van der Waals surface area contributed by atoms with Gasteiger partial charge < -0.3 is 10.2 Å². The van der Waals surface area contributed by atoms with E-state index < -0.39 is 5.60 Å². The maximum atomic E-state index is 10.6. The van der Waals surface area contributed by atoms with E-state index in [1.807, 2.05) is 37.3 Å². The number of phenolic OH excluding ortho intramolecular Hbond substituents is 1. The first-order valence-electron chi connectivity index (χ1n) is 6.05. The molecule has 0 aliphatic rings. The molecule has 2 rings (SSSR count). The fraction of sp³-hybridized carbons (Fsp3) is 0.250. The summed E-state index contributed by atoms with van der Waals surface area (Å²) in [7, 11) is 0. The summed E-state index contributed by atoms with van der Waals surface area (Å²) in [4.78, 5) is 0. The molecule has 2 heteroatoms. The number of hydrogen-bond donors (Lipinski definition) is 2. The highest BCUT2D eigenvalue weighted by atomic mass is 16.3. The number of aromatic hydroxyl groups is 1. The molecule has 2 aromatic carbocycles. The van der Waals surface area contributed by atoms with Gasteiger partial charge in [0.1, 0.15) is 5.75 Å². The van der Waals surface area contributed by atoms with Crippen LogP contribution in [-0.2, 0) is 12.0 Å². The van der Waals surface area contributed by atoms with Gasteiger partial charge in [0.25, 0.3) is 0 Å². The highest BCUT2D eigenvalue weighted by molar-refractivity contribution is 5.34. The van der Waals surface area contributed by atoms with E-state index in [4.69, 9.17) is 0 Å². The number of rotatable bonds is 3. The van der Waals surface area contributed by atoms with Crippen molar-refractivity contribution in [1.29, 1.82) is 0 Å². The van der Waals surface area contributed by atoms with Crippen molar-refractivity contribution in [1.82, 2.24) is 0 Å². The minimum absolute atomic E-state index is 0.230. The first-order valence-corrected chi connectivity index (χ1v) is 6.05. The summed E-state index contributed by atoms with van der Waals surface area (Å²) < 4.78 is 0. The molecular formula is C16H18O2. The monoisotopic (exact) mass is 242 g/mol. The number of benzene rings is 2. The molecule has 1 atom stereocenters. The van der Waals surface area contributed by atoms with Crippen molar-refractivity contribution in [3.63, 3.8) is 0 Å². The summed E-state index contributed by atoms with van der Waals surface area (Å²) in [6.45, 7) is 3.80. The molecule has 94 valence electrons. The topological polar surface area (TPSA) is 40.5 Å². The van der Waals surface area contributed by atoms with Crippen LogP contribution in [0.5, 0.6) is 5.75 Å². The largest absolute Gasteiger partial charge is 0.508 e. The zero-order chi connectivity index (χ0) is 13.2. The van der Waals surface area contributed by atoms with Gasteiger partial charge in [-0.05, 0) is 42.7 Å². The van der Waals surface area contributed by atoms with Crippen molar-refractivity contribution in [2.45, 2.75) is 25.9 Å². The highest BCUT2D eigenvalue weighted by Crippen LogP contribution is 2.28. The van der Waals surface area contributed by atoms with Gasteiger partial charge in [0.2, 0.25) is 0 Å². The second kappa shape index (κ2) is 4.83. The molecular weight excluding hydrogens is 224 g/mol. The summed E-state index contributed by atoms with van der Waals surface area (Å²) in [5.41, 5.74) is 1.98. The molecule has 0 saturated heterocycles. The normalized spacial score (nSPS) is 14.2. The van der Waals surface area contributed by atoms with Gasteiger partial charge in [-0.3, -0.25) is 0 Å². The molecule has 0 saturated carbocycles. The van der Waals surface area contributed by atoms with Gasteiger partial charge in [-0.2, -0.15) is 0 Å². The molecule has 0 bridgehead atoms. The zero-order valence-corrected chi connectivity index (χ0v) is 10.7. The van der Waals surface area contributed by atoms with E-state index in [0.717, 1.165) is 16.7 Å². The average Bonchev–Trinajstić information content (AvgIpc) is 2.28. The molecule has 2 aromatic rings. The zero-order valence-electron chi connectivity index (χ0n) is 10.7. The minimum atomic E-state index is -0.931. The Morgan fingerprint density at radius 3 is 2.44 bits per heavy atom. The van der Waals surface area contributed by atoms with Crippen LogP contribution in [0.1, 0.15) is 23.6 Å². The van der Waals surface area contributed by atoms with Crippen LogP contribution in [0.3, 0.4) is 0 Å². The number of phenols is 1. The van der Waals surface area contributed by atoms with Crippen LogP contribution >= 0.6 is 0 Å². The summed E-state index contributed by atoms with van der Waals surface area (Å²) in [5, 5.41) is 20.1. The molecule has 2 nitrogen and oxygen atoms in total. The Hall–Kier alpha value is -1.80. The molecule has 0 radical (unpaired) electrons. The Morgan fingerprint density at radius 2 is 1.78 bits per heavy atom. The van der Waals surface area contributed by atoms with Crippen molar-refractivity contribution in [3.05, 3.63) is 65.2 Å². The minimum Gasteiger partial charge on any atom is -0.508 e. The lowest BCUT2D eigenvalue weighted by molar-refractivity contribution is 0.0569. The van der Waals surface area contributed by atoms with Crippen molar-refractivity contribution >= 4 is 0 Å². The van der Waals surface area contributed by atoms with E-state index >= 15 is 0 Å². The molecule has 0 heterocycles. The fourth-order valence-corrected chi connectivity index (χ4v) is 2.34. The summed E-state index contributed by atoms with van der Waals surface area (Å²) in [6, 6.07) is 14.8. The Labute approximate surface area is 108 Å². The molecule has 0 amide bonds. The van der Waals surface area contributed by atoms with Crippen LogP contribution in [0.4, 0.5) is 0 Å². The van der Waals surface area contributed by atoms with Crippen LogP contribution in [0.2, 0.25) is 0 Å². The van der Waals surface area contributed by atoms with Crippen molar-refractivity contribution in [3.8, 4) is 5.75 Å². The fourth-order valence-electron chi connectivity index (χ4n) is 2.34. The lowest BCUT2D eigenvalue weighted by atomic mass is 9.86. The van der Waals surface area contributed by atoms with Crippen LogP contribution < -0.4 is 0 Å². The lowest BCUT2D eigenvalue weighted by Crippen LogP contribution is -2.25. The van der Waals surface area contributed by atoms with Gasteiger partial charge in [-0.25, -0.2) is 0 Å². The van der Waals surface area contributed by atoms with Gasteiger partial charge in [-0.15, -0.1) is 0 Å². The molecule has 0 fully saturated rings.